The summed E-state index contributed by atoms with van der Waals surface area (Å²) in [7, 11) is -2.50. The molecular formula is C14H16N6O5S. The molecule has 0 atom stereocenters. The Bertz CT molecular complexity index is 968. The van der Waals surface area contributed by atoms with Gasteiger partial charge in [-0.2, -0.15) is 0 Å². The van der Waals surface area contributed by atoms with E-state index in [1.807, 2.05) is 0 Å². The zero-order chi connectivity index (χ0) is 18.7. The van der Waals surface area contributed by atoms with Crippen molar-refractivity contribution in [3.05, 3.63) is 41.0 Å². The minimum Gasteiger partial charge on any atom is -0.492 e. The highest BCUT2D eigenvalue weighted by atomic mass is 32.2. The molecule has 0 unspecified atom stereocenters. The van der Waals surface area contributed by atoms with E-state index >= 15 is 0 Å². The van der Waals surface area contributed by atoms with E-state index in [4.69, 9.17) is 9.78 Å². The number of aromatic amines is 1. The van der Waals surface area contributed by atoms with Gasteiger partial charge in [0.15, 0.2) is 5.82 Å². The first-order valence-corrected chi connectivity index (χ1v) is 9.02. The van der Waals surface area contributed by atoms with Crippen molar-refractivity contribution in [2.24, 2.45) is 10.2 Å². The van der Waals surface area contributed by atoms with Gasteiger partial charge in [-0.05, 0) is 19.1 Å². The molecular weight excluding hydrogens is 364 g/mol. The van der Waals surface area contributed by atoms with Crippen LogP contribution in [0.25, 0.3) is 0 Å². The van der Waals surface area contributed by atoms with Crippen LogP contribution < -0.4 is 4.90 Å². The van der Waals surface area contributed by atoms with Gasteiger partial charge >= 0.3 is 0 Å². The Labute approximate surface area is 148 Å². The first-order valence-electron chi connectivity index (χ1n) is 7.54. The molecule has 2 aromatic rings. The summed E-state index contributed by atoms with van der Waals surface area (Å²) in [6.45, 7) is 2.15. The van der Waals surface area contributed by atoms with Crippen molar-refractivity contribution in [3.8, 4) is 0 Å². The van der Waals surface area contributed by atoms with Crippen LogP contribution in [0.2, 0.25) is 0 Å². The third kappa shape index (κ3) is 3.29. The monoisotopic (exact) mass is 380 g/mol. The lowest BCUT2D eigenvalue weighted by atomic mass is 10.3. The number of para-hydroxylation sites is 1. The fraction of sp³-hybridized carbons (Fsp3) is 0.286. The first kappa shape index (κ1) is 18.0. The predicted molar refractivity (Wildman–Crippen MR) is 89.0 cm³/mol. The molecule has 2 heterocycles. The highest BCUT2D eigenvalue weighted by Crippen LogP contribution is 2.37. The van der Waals surface area contributed by atoms with Gasteiger partial charge in [0.1, 0.15) is 6.61 Å². The van der Waals surface area contributed by atoms with Gasteiger partial charge in [-0.15, -0.1) is 20.4 Å². The standard InChI is InChI=1S/C14H16N6O5S/c1-3-24-25-8-11-15-14(18-16-11)19-17-12-13(21)20(2)9-6-4-5-7-10(9)26(12,22)23/h4-7,21H,3,8H2,1-2H3,(H,15,16,18). The van der Waals surface area contributed by atoms with E-state index in [-0.39, 0.29) is 17.5 Å². The molecule has 1 aromatic heterocycles. The van der Waals surface area contributed by atoms with E-state index in [1.165, 1.54) is 18.0 Å². The molecule has 26 heavy (non-hydrogen) atoms. The SMILES string of the molecule is CCOOCc1nnc(N=NC2=C(O)N(C)c3ccccc3S2(=O)=O)[nH]1. The number of nitrogens with one attached hydrogen (secondary N) is 1. The quantitative estimate of drug-likeness (QED) is 0.335. The van der Waals surface area contributed by atoms with Crippen molar-refractivity contribution in [2.75, 3.05) is 18.6 Å². The number of hydrogen-bond donors (Lipinski definition) is 2. The molecule has 3 rings (SSSR count). The number of nitrogens with zero attached hydrogens (tertiary/aromatic N) is 5. The van der Waals surface area contributed by atoms with E-state index in [9.17, 15) is 13.5 Å². The second-order valence-electron chi connectivity index (χ2n) is 5.12. The lowest BCUT2D eigenvalue weighted by molar-refractivity contribution is -0.301. The van der Waals surface area contributed by atoms with Crippen molar-refractivity contribution in [1.29, 1.82) is 0 Å². The maximum absolute atomic E-state index is 12.7. The molecule has 1 aliphatic rings. The van der Waals surface area contributed by atoms with Crippen molar-refractivity contribution in [1.82, 2.24) is 15.2 Å². The third-order valence-corrected chi connectivity index (χ3v) is 5.13. The van der Waals surface area contributed by atoms with E-state index in [0.29, 0.717) is 18.1 Å². The van der Waals surface area contributed by atoms with Gasteiger partial charge in [0, 0.05) is 7.05 Å². The van der Waals surface area contributed by atoms with Gasteiger partial charge in [0.05, 0.1) is 17.2 Å². The zero-order valence-corrected chi connectivity index (χ0v) is 14.8. The summed E-state index contributed by atoms with van der Waals surface area (Å²) in [6, 6.07) is 6.27. The van der Waals surface area contributed by atoms with E-state index in [0.717, 1.165) is 0 Å². The van der Waals surface area contributed by atoms with Gasteiger partial charge < -0.3 is 15.0 Å². The zero-order valence-electron chi connectivity index (χ0n) is 13.9. The number of H-pyrrole nitrogens is 1. The Morgan fingerprint density at radius 1 is 1.23 bits per heavy atom. The Kier molecular flexibility index (Phi) is 4.97. The van der Waals surface area contributed by atoms with Gasteiger partial charge in [0.25, 0.3) is 5.95 Å². The van der Waals surface area contributed by atoms with E-state index < -0.39 is 20.7 Å². The Balaban J connectivity index is 1.87. The number of azo groups is 1. The summed E-state index contributed by atoms with van der Waals surface area (Å²) in [5.41, 5.74) is 0.346. The van der Waals surface area contributed by atoms with Crippen LogP contribution >= 0.6 is 0 Å². The summed E-state index contributed by atoms with van der Waals surface area (Å²) < 4.78 is 25.4. The summed E-state index contributed by atoms with van der Waals surface area (Å²) >= 11 is 0. The third-order valence-electron chi connectivity index (χ3n) is 3.43. The molecule has 1 aromatic carbocycles. The molecule has 0 amide bonds. The number of benzene rings is 1. The number of fused-ring (bicyclic) bond motifs is 1. The summed E-state index contributed by atoms with van der Waals surface area (Å²) in [4.78, 5) is 13.6. The number of sulfone groups is 1. The summed E-state index contributed by atoms with van der Waals surface area (Å²) in [6.07, 6.45) is 0. The maximum Gasteiger partial charge on any atom is 0.267 e. The highest BCUT2D eigenvalue weighted by molar-refractivity contribution is 7.95. The van der Waals surface area contributed by atoms with Crippen LogP contribution in [-0.4, -0.2) is 42.4 Å². The number of anilines is 1. The minimum atomic E-state index is -4.03. The van der Waals surface area contributed by atoms with Crippen molar-refractivity contribution < 1.29 is 23.3 Å². The molecule has 0 saturated heterocycles. The Hall–Kier alpha value is -2.83. The van der Waals surface area contributed by atoms with Crippen LogP contribution in [0.5, 0.6) is 0 Å². The van der Waals surface area contributed by atoms with Crippen LogP contribution in [0, 0.1) is 0 Å². The number of aliphatic hydroxyl groups is 1. The molecule has 0 spiro atoms. The lowest BCUT2D eigenvalue weighted by Gasteiger charge is -2.26. The lowest BCUT2D eigenvalue weighted by Crippen LogP contribution is -2.27. The first-order chi connectivity index (χ1) is 12.4. The van der Waals surface area contributed by atoms with Gasteiger partial charge in [-0.25, -0.2) is 18.2 Å². The van der Waals surface area contributed by atoms with Gasteiger partial charge in [0.2, 0.25) is 20.7 Å². The second-order valence-corrected chi connectivity index (χ2v) is 6.96. The fourth-order valence-corrected chi connectivity index (χ4v) is 3.68. The number of rotatable bonds is 6. The molecule has 138 valence electrons. The molecule has 0 saturated carbocycles. The molecule has 0 radical (unpaired) electrons. The van der Waals surface area contributed by atoms with Crippen LogP contribution in [0.15, 0.2) is 50.3 Å². The molecule has 0 aliphatic carbocycles. The molecule has 0 fully saturated rings. The number of hydrogen-bond acceptors (Lipinski definition) is 10. The smallest absolute Gasteiger partial charge is 0.267 e. The predicted octanol–water partition coefficient (Wildman–Crippen LogP) is 1.96. The normalized spacial score (nSPS) is 16.3. The molecule has 12 heteroatoms. The van der Waals surface area contributed by atoms with Crippen molar-refractivity contribution >= 4 is 21.5 Å². The van der Waals surface area contributed by atoms with Crippen LogP contribution in [-0.2, 0) is 26.2 Å². The average molecular weight is 380 g/mol. The van der Waals surface area contributed by atoms with Gasteiger partial charge in [-0.1, -0.05) is 12.1 Å². The number of aliphatic hydroxyl groups excluding tert-OH is 1. The van der Waals surface area contributed by atoms with Gasteiger partial charge in [-0.3, -0.25) is 0 Å². The van der Waals surface area contributed by atoms with E-state index in [2.05, 4.69) is 25.4 Å². The van der Waals surface area contributed by atoms with Crippen LogP contribution in [0.1, 0.15) is 12.7 Å². The summed E-state index contributed by atoms with van der Waals surface area (Å²) in [5.74, 6) is -0.261. The Morgan fingerprint density at radius 3 is 2.77 bits per heavy atom. The largest absolute Gasteiger partial charge is 0.492 e. The number of aromatic nitrogens is 3. The highest BCUT2D eigenvalue weighted by Gasteiger charge is 2.35. The summed E-state index contributed by atoms with van der Waals surface area (Å²) in [5, 5.41) is 24.5. The fourth-order valence-electron chi connectivity index (χ4n) is 2.21. The second kappa shape index (κ2) is 7.19. The topological polar surface area (TPSA) is 142 Å². The van der Waals surface area contributed by atoms with Crippen LogP contribution in [0.3, 0.4) is 0 Å². The maximum atomic E-state index is 12.7. The van der Waals surface area contributed by atoms with Crippen molar-refractivity contribution in [3.63, 3.8) is 0 Å². The van der Waals surface area contributed by atoms with Crippen LogP contribution in [0.4, 0.5) is 11.6 Å². The van der Waals surface area contributed by atoms with E-state index in [1.54, 1.807) is 25.1 Å². The minimum absolute atomic E-state index is 0.0126. The molecule has 11 nitrogen and oxygen atoms in total. The Morgan fingerprint density at radius 2 is 2.00 bits per heavy atom. The van der Waals surface area contributed by atoms with Crippen molar-refractivity contribution in [2.45, 2.75) is 18.4 Å². The average Bonchev–Trinajstić information content (AvgIpc) is 3.08. The molecule has 2 N–H and O–H groups in total. The molecule has 0 bridgehead atoms. The molecule has 1 aliphatic heterocycles.